The molecule has 2 aromatic carbocycles. The molecule has 10 heteroatoms. The fraction of sp³-hybridized carbons (Fsp3) is 0.320. The van der Waals surface area contributed by atoms with E-state index < -0.39 is 16.7 Å². The number of piperidine rings is 1. The van der Waals surface area contributed by atoms with E-state index in [9.17, 15) is 13.6 Å². The molecular weight excluding hydrogens is 476 g/mol. The van der Waals surface area contributed by atoms with Gasteiger partial charge in [-0.1, -0.05) is 18.2 Å². The zero-order valence-electron chi connectivity index (χ0n) is 19.0. The Morgan fingerprint density at radius 3 is 2.63 bits per heavy atom. The van der Waals surface area contributed by atoms with Gasteiger partial charge < -0.3 is 20.3 Å². The minimum Gasteiger partial charge on any atom is -0.495 e. The van der Waals surface area contributed by atoms with E-state index in [0.29, 0.717) is 22.5 Å². The first kappa shape index (κ1) is 23.3. The second-order valence-electron chi connectivity index (χ2n) is 8.79. The fourth-order valence-corrected chi connectivity index (χ4v) is 5.36. The number of anilines is 3. The normalized spacial score (nSPS) is 21.1. The molecule has 2 aliphatic heterocycles. The maximum absolute atomic E-state index is 14.5. The van der Waals surface area contributed by atoms with Gasteiger partial charge in [-0.25, -0.2) is 18.7 Å². The smallest absolute Gasteiger partial charge is 0.246 e. The highest BCUT2D eigenvalue weighted by Crippen LogP contribution is 2.40. The number of benzene rings is 2. The third-order valence-corrected chi connectivity index (χ3v) is 7.11. The van der Waals surface area contributed by atoms with Gasteiger partial charge in [-0.2, -0.15) is 0 Å². The van der Waals surface area contributed by atoms with E-state index in [1.54, 1.807) is 13.2 Å². The van der Waals surface area contributed by atoms with Crippen molar-refractivity contribution >= 4 is 45.6 Å². The first-order valence-electron chi connectivity index (χ1n) is 11.3. The third-order valence-electron chi connectivity index (χ3n) is 6.77. The molecule has 1 amide bonds. The van der Waals surface area contributed by atoms with E-state index in [1.807, 2.05) is 11.0 Å². The Balaban J connectivity index is 1.45. The first-order valence-corrected chi connectivity index (χ1v) is 11.7. The molecule has 3 heterocycles. The Morgan fingerprint density at radius 1 is 1.20 bits per heavy atom. The summed E-state index contributed by atoms with van der Waals surface area (Å²) in [7, 11) is 1.58. The molecule has 5 rings (SSSR count). The van der Waals surface area contributed by atoms with Gasteiger partial charge >= 0.3 is 0 Å². The molecule has 1 aromatic heterocycles. The predicted octanol–water partition coefficient (Wildman–Crippen LogP) is 5.43. The molecule has 0 aliphatic carbocycles. The van der Waals surface area contributed by atoms with Crippen LogP contribution in [0.25, 0.3) is 10.9 Å². The summed E-state index contributed by atoms with van der Waals surface area (Å²) in [5.74, 6) is -0.807. The molecule has 0 radical (unpaired) electrons. The highest BCUT2D eigenvalue weighted by Gasteiger charge is 2.42. The molecule has 0 spiro atoms. The molecule has 2 saturated heterocycles. The Morgan fingerprint density at radius 2 is 1.94 bits per heavy atom. The van der Waals surface area contributed by atoms with E-state index in [4.69, 9.17) is 16.3 Å². The average Bonchev–Trinajstić information content (AvgIpc) is 3.13. The number of ether oxygens (including phenoxy) is 1. The summed E-state index contributed by atoms with van der Waals surface area (Å²) in [5, 5.41) is 6.51. The summed E-state index contributed by atoms with van der Waals surface area (Å²) in [6.45, 7) is 3.63. The van der Waals surface area contributed by atoms with Crippen molar-refractivity contribution in [2.24, 2.45) is 0 Å². The fourth-order valence-electron chi connectivity index (χ4n) is 5.20. The van der Waals surface area contributed by atoms with Crippen molar-refractivity contribution < 1.29 is 18.3 Å². The van der Waals surface area contributed by atoms with Gasteiger partial charge in [0.05, 0.1) is 24.0 Å². The number of aromatic nitrogens is 2. The number of carbonyl (C=O) groups is 1. The van der Waals surface area contributed by atoms with E-state index in [0.717, 1.165) is 37.4 Å². The molecule has 2 bridgehead atoms. The van der Waals surface area contributed by atoms with Crippen molar-refractivity contribution in [3.63, 3.8) is 0 Å². The second-order valence-corrected chi connectivity index (χ2v) is 9.17. The van der Waals surface area contributed by atoms with Gasteiger partial charge in [0.1, 0.15) is 28.7 Å². The van der Waals surface area contributed by atoms with E-state index >= 15 is 0 Å². The van der Waals surface area contributed by atoms with Crippen LogP contribution in [0.2, 0.25) is 5.02 Å². The van der Waals surface area contributed by atoms with Crippen LogP contribution in [0.4, 0.5) is 26.0 Å². The number of halogens is 3. The maximum Gasteiger partial charge on any atom is 0.246 e. The van der Waals surface area contributed by atoms with Gasteiger partial charge in [0.25, 0.3) is 0 Å². The average molecular weight is 500 g/mol. The van der Waals surface area contributed by atoms with Crippen LogP contribution in [0.5, 0.6) is 5.75 Å². The number of hydrogen-bond donors (Lipinski definition) is 2. The van der Waals surface area contributed by atoms with E-state index in [1.165, 1.54) is 18.5 Å². The number of fused-ring (bicyclic) bond motifs is 3. The summed E-state index contributed by atoms with van der Waals surface area (Å²) < 4.78 is 33.7. The number of methoxy groups -OCH3 is 1. The van der Waals surface area contributed by atoms with Gasteiger partial charge in [-0.15, -0.1) is 0 Å². The summed E-state index contributed by atoms with van der Waals surface area (Å²) in [6, 6.07) is 6.48. The Kier molecular flexibility index (Phi) is 6.19. The summed E-state index contributed by atoms with van der Waals surface area (Å²) in [4.78, 5) is 22.8. The number of rotatable bonds is 6. The number of nitrogens with one attached hydrogen (secondary N) is 2. The van der Waals surface area contributed by atoms with Crippen LogP contribution >= 0.6 is 11.6 Å². The predicted molar refractivity (Wildman–Crippen MR) is 131 cm³/mol. The van der Waals surface area contributed by atoms with Crippen molar-refractivity contribution in [1.29, 1.82) is 0 Å². The van der Waals surface area contributed by atoms with Crippen molar-refractivity contribution in [3.05, 3.63) is 59.9 Å². The quantitative estimate of drug-likeness (QED) is 0.347. The van der Waals surface area contributed by atoms with Crippen LogP contribution in [0.1, 0.15) is 25.7 Å². The lowest BCUT2D eigenvalue weighted by molar-refractivity contribution is -0.130. The van der Waals surface area contributed by atoms with Crippen LogP contribution in [0.15, 0.2) is 43.2 Å². The largest absolute Gasteiger partial charge is 0.495 e. The van der Waals surface area contributed by atoms with Crippen LogP contribution < -0.4 is 15.4 Å². The minimum absolute atomic E-state index is 0.00226. The zero-order chi connectivity index (χ0) is 24.7. The topological polar surface area (TPSA) is 79.4 Å². The number of amides is 1. The Bertz CT molecular complexity index is 1310. The zero-order valence-corrected chi connectivity index (χ0v) is 19.8. The molecular formula is C25H24ClF2N5O2. The Labute approximate surface area is 206 Å². The number of carbonyl (C=O) groups excluding carboxylic acids is 1. The van der Waals surface area contributed by atoms with Crippen molar-refractivity contribution in [1.82, 2.24) is 14.9 Å². The molecule has 2 fully saturated rings. The molecule has 3 aromatic rings. The number of hydrogen-bond acceptors (Lipinski definition) is 6. The lowest BCUT2D eigenvalue weighted by Crippen LogP contribution is -2.49. The summed E-state index contributed by atoms with van der Waals surface area (Å²) in [5.41, 5.74) is 1.32. The molecule has 7 nitrogen and oxygen atoms in total. The molecule has 35 heavy (non-hydrogen) atoms. The standard InChI is InChI=1S/C25H24ClF2N5O2/c1-3-22(34)33-14-4-5-15(33)9-13(8-14)31-20-10-16-19(11-21(20)35-2)29-12-30-25(16)32-18-7-6-17(27)23(26)24(18)28/h3,6-7,10-15,31H,1,4-5,8-9H2,2H3,(H,29,30,32). The van der Waals surface area contributed by atoms with Crippen LogP contribution in [0.3, 0.4) is 0 Å². The molecule has 182 valence electrons. The van der Waals surface area contributed by atoms with Gasteiger partial charge in [0, 0.05) is 29.6 Å². The van der Waals surface area contributed by atoms with Gasteiger partial charge in [-0.3, -0.25) is 4.79 Å². The van der Waals surface area contributed by atoms with Crippen LogP contribution in [-0.2, 0) is 4.79 Å². The van der Waals surface area contributed by atoms with Crippen molar-refractivity contribution in [2.75, 3.05) is 17.7 Å². The maximum atomic E-state index is 14.5. The van der Waals surface area contributed by atoms with Crippen molar-refractivity contribution in [3.8, 4) is 5.75 Å². The molecule has 0 saturated carbocycles. The molecule has 2 aliphatic rings. The SMILES string of the molecule is C=CC(=O)N1C2CCC1CC(Nc1cc3c(Nc4ccc(F)c(Cl)c4F)ncnc3cc1OC)C2. The van der Waals surface area contributed by atoms with Crippen LogP contribution in [-0.4, -0.2) is 46.0 Å². The van der Waals surface area contributed by atoms with Gasteiger partial charge in [0.2, 0.25) is 5.91 Å². The first-order chi connectivity index (χ1) is 16.9. The lowest BCUT2D eigenvalue weighted by atomic mass is 9.96. The summed E-state index contributed by atoms with van der Waals surface area (Å²) >= 11 is 5.73. The number of nitrogens with zero attached hydrogens (tertiary/aromatic N) is 3. The molecule has 2 atom stereocenters. The monoisotopic (exact) mass is 499 g/mol. The summed E-state index contributed by atoms with van der Waals surface area (Å²) in [6.07, 6.45) is 6.32. The molecule has 2 unspecified atom stereocenters. The Hall–Kier alpha value is -3.46. The second kappa shape index (κ2) is 9.30. The van der Waals surface area contributed by atoms with Gasteiger partial charge in [-0.05, 0) is 50.0 Å². The van der Waals surface area contributed by atoms with E-state index in [2.05, 4.69) is 27.2 Å². The van der Waals surface area contributed by atoms with Crippen LogP contribution in [0, 0.1) is 11.6 Å². The molecule has 2 N–H and O–H groups in total. The minimum atomic E-state index is -0.901. The lowest BCUT2D eigenvalue weighted by Gasteiger charge is -2.39. The van der Waals surface area contributed by atoms with E-state index in [-0.39, 0.29) is 29.7 Å². The van der Waals surface area contributed by atoms with Crippen molar-refractivity contribution in [2.45, 2.75) is 43.8 Å². The van der Waals surface area contributed by atoms with Gasteiger partial charge in [0.15, 0.2) is 5.82 Å². The highest BCUT2D eigenvalue weighted by atomic mass is 35.5. The highest BCUT2D eigenvalue weighted by molar-refractivity contribution is 6.31. The third kappa shape index (κ3) is 4.25.